The third-order valence-corrected chi connectivity index (χ3v) is 10.1. The van der Waals surface area contributed by atoms with Gasteiger partial charge in [0.15, 0.2) is 0 Å². The summed E-state index contributed by atoms with van der Waals surface area (Å²) in [5, 5.41) is 0. The van der Waals surface area contributed by atoms with Crippen LogP contribution in [0.2, 0.25) is 0 Å². The number of nitrogens with zero attached hydrogens (tertiary/aromatic N) is 3. The summed E-state index contributed by atoms with van der Waals surface area (Å²) < 4.78 is 0. The van der Waals surface area contributed by atoms with Gasteiger partial charge in [-0.15, -0.1) is 0 Å². The van der Waals surface area contributed by atoms with Crippen molar-refractivity contribution in [1.82, 2.24) is 14.7 Å². The Hall–Kier alpha value is -0.120. The molecule has 4 bridgehead atoms. The van der Waals surface area contributed by atoms with E-state index >= 15 is 0 Å². The fourth-order valence-corrected chi connectivity index (χ4v) is 9.37. The maximum absolute atomic E-state index is 3.00. The fraction of sp³-hybridized carbons (Fsp3) is 1.00. The topological polar surface area (TPSA) is 9.72 Å². The van der Waals surface area contributed by atoms with Gasteiger partial charge in [-0.1, -0.05) is 34.1 Å². The molecule has 7 fully saturated rings. The monoisotopic (exact) mass is 415 g/mol. The number of hydrogen-bond acceptors (Lipinski definition) is 3. The standard InChI is InChI=1S/C27H49N3/c1-7-8-20-14-29(13-19(6)26(20)17(2)3)27-21-9-22(27)16-28(15-21)23-10-24-12-25(11-23)30(24)18(4)5/h17-27H,7-16H2,1-6H3. The summed E-state index contributed by atoms with van der Waals surface area (Å²) in [5.41, 5.74) is 0. The highest BCUT2D eigenvalue weighted by atomic mass is 15.3. The van der Waals surface area contributed by atoms with Crippen molar-refractivity contribution in [1.29, 1.82) is 0 Å². The molecule has 5 aliphatic heterocycles. The van der Waals surface area contributed by atoms with E-state index < -0.39 is 0 Å². The molecule has 0 aromatic rings. The minimum absolute atomic E-state index is 0.751. The van der Waals surface area contributed by atoms with Crippen molar-refractivity contribution in [2.45, 2.75) is 110 Å². The second kappa shape index (κ2) is 8.34. The molecule has 30 heavy (non-hydrogen) atoms. The molecule has 7 unspecified atom stereocenters. The molecular weight excluding hydrogens is 366 g/mol. The zero-order chi connectivity index (χ0) is 21.2. The van der Waals surface area contributed by atoms with Crippen LogP contribution in [0.15, 0.2) is 0 Å². The molecule has 0 aromatic heterocycles. The molecule has 3 heteroatoms. The van der Waals surface area contributed by atoms with Gasteiger partial charge in [0.1, 0.15) is 0 Å². The maximum Gasteiger partial charge on any atom is 0.0177 e. The molecule has 5 heterocycles. The lowest BCUT2D eigenvalue weighted by Crippen LogP contribution is -2.71. The molecule has 0 amide bonds. The molecule has 7 atom stereocenters. The summed E-state index contributed by atoms with van der Waals surface area (Å²) in [5.74, 6) is 5.53. The molecular formula is C27H49N3. The van der Waals surface area contributed by atoms with Gasteiger partial charge in [0.2, 0.25) is 0 Å². The summed E-state index contributed by atoms with van der Waals surface area (Å²) >= 11 is 0. The quantitative estimate of drug-likeness (QED) is 0.607. The molecule has 0 spiro atoms. The maximum atomic E-state index is 3.00. The first-order valence-corrected chi connectivity index (χ1v) is 13.6. The largest absolute Gasteiger partial charge is 0.300 e. The summed E-state index contributed by atoms with van der Waals surface area (Å²) in [6.07, 6.45) is 8.71. The molecule has 5 saturated heterocycles. The molecule has 0 aromatic carbocycles. The third-order valence-electron chi connectivity index (χ3n) is 10.1. The molecule has 172 valence electrons. The van der Waals surface area contributed by atoms with E-state index in [1.54, 1.807) is 0 Å². The Morgan fingerprint density at radius 2 is 1.40 bits per heavy atom. The average Bonchev–Trinajstić information content (AvgIpc) is 2.67. The Labute approximate surface area is 186 Å². The van der Waals surface area contributed by atoms with Crippen molar-refractivity contribution in [3.8, 4) is 0 Å². The van der Waals surface area contributed by atoms with Crippen LogP contribution in [0.5, 0.6) is 0 Å². The lowest BCUT2D eigenvalue weighted by atomic mass is 9.62. The zero-order valence-electron chi connectivity index (χ0n) is 20.8. The predicted molar refractivity (Wildman–Crippen MR) is 127 cm³/mol. The minimum atomic E-state index is 0.751. The van der Waals surface area contributed by atoms with Gasteiger partial charge >= 0.3 is 0 Å². The van der Waals surface area contributed by atoms with Crippen molar-refractivity contribution in [2.75, 3.05) is 26.2 Å². The van der Waals surface area contributed by atoms with Crippen molar-refractivity contribution in [3.63, 3.8) is 0 Å². The smallest absolute Gasteiger partial charge is 0.0177 e. The van der Waals surface area contributed by atoms with Crippen LogP contribution >= 0.6 is 0 Å². The highest BCUT2D eigenvalue weighted by molar-refractivity contribution is 5.09. The van der Waals surface area contributed by atoms with E-state index in [2.05, 4.69) is 56.2 Å². The molecule has 0 N–H and O–H groups in total. The minimum Gasteiger partial charge on any atom is -0.300 e. The summed E-state index contributed by atoms with van der Waals surface area (Å²) in [6.45, 7) is 20.3. The van der Waals surface area contributed by atoms with Crippen LogP contribution in [0.4, 0.5) is 0 Å². The Bertz CT molecular complexity index is 579. The second-order valence-corrected chi connectivity index (χ2v) is 12.7. The second-order valence-electron chi connectivity index (χ2n) is 12.7. The lowest BCUT2D eigenvalue weighted by molar-refractivity contribution is -0.140. The van der Waals surface area contributed by atoms with Gasteiger partial charge in [0.25, 0.3) is 0 Å². The van der Waals surface area contributed by atoms with Gasteiger partial charge in [-0.2, -0.15) is 0 Å². The van der Waals surface area contributed by atoms with E-state index in [1.165, 1.54) is 64.7 Å². The Balaban J connectivity index is 1.19. The van der Waals surface area contributed by atoms with Crippen molar-refractivity contribution in [2.24, 2.45) is 35.5 Å². The van der Waals surface area contributed by atoms with Crippen LogP contribution in [-0.4, -0.2) is 71.1 Å². The molecule has 7 rings (SSSR count). The van der Waals surface area contributed by atoms with Crippen LogP contribution in [0.1, 0.15) is 80.1 Å². The molecule has 2 aliphatic carbocycles. The molecule has 7 aliphatic rings. The van der Waals surface area contributed by atoms with Crippen molar-refractivity contribution >= 4 is 0 Å². The van der Waals surface area contributed by atoms with Crippen molar-refractivity contribution in [3.05, 3.63) is 0 Å². The first-order chi connectivity index (χ1) is 14.4. The van der Waals surface area contributed by atoms with Gasteiger partial charge < -0.3 is 0 Å². The Kier molecular flexibility index (Phi) is 6.04. The third kappa shape index (κ3) is 3.59. The van der Waals surface area contributed by atoms with Crippen molar-refractivity contribution < 1.29 is 0 Å². The van der Waals surface area contributed by atoms with E-state index in [9.17, 15) is 0 Å². The van der Waals surface area contributed by atoms with Crippen LogP contribution in [0.3, 0.4) is 0 Å². The SMILES string of the molecule is CCCC1CN(C2C3CC2CN(C2CC4CC(C2)N4C(C)C)C3)CC(C)C1C(C)C. The normalized spacial score (nSPS) is 47.4. The van der Waals surface area contributed by atoms with Gasteiger partial charge in [0.05, 0.1) is 0 Å². The van der Waals surface area contributed by atoms with Crippen LogP contribution < -0.4 is 0 Å². The van der Waals surface area contributed by atoms with Gasteiger partial charge in [-0.05, 0) is 81.5 Å². The van der Waals surface area contributed by atoms with Crippen LogP contribution in [-0.2, 0) is 0 Å². The van der Waals surface area contributed by atoms with Gasteiger partial charge in [-0.25, -0.2) is 0 Å². The number of likely N-dealkylation sites (tertiary alicyclic amines) is 1. The molecule has 3 nitrogen and oxygen atoms in total. The first-order valence-electron chi connectivity index (χ1n) is 13.6. The fourth-order valence-electron chi connectivity index (χ4n) is 9.37. The predicted octanol–water partition coefficient (Wildman–Crippen LogP) is 4.96. The first kappa shape index (κ1) is 21.7. The number of piperidine rings is 4. The van der Waals surface area contributed by atoms with E-state index in [0.29, 0.717) is 0 Å². The molecule has 0 radical (unpaired) electrons. The van der Waals surface area contributed by atoms with E-state index in [1.807, 2.05) is 0 Å². The van der Waals surface area contributed by atoms with E-state index in [0.717, 1.165) is 65.7 Å². The van der Waals surface area contributed by atoms with E-state index in [4.69, 9.17) is 0 Å². The van der Waals surface area contributed by atoms with Crippen LogP contribution in [0, 0.1) is 35.5 Å². The summed E-state index contributed by atoms with van der Waals surface area (Å²) in [6, 6.07) is 4.36. The summed E-state index contributed by atoms with van der Waals surface area (Å²) in [4.78, 5) is 8.77. The van der Waals surface area contributed by atoms with Gasteiger partial charge in [-0.3, -0.25) is 14.7 Å². The zero-order valence-corrected chi connectivity index (χ0v) is 20.8. The van der Waals surface area contributed by atoms with Gasteiger partial charge in [0, 0.05) is 56.4 Å². The number of rotatable bonds is 6. The highest BCUT2D eigenvalue weighted by Crippen LogP contribution is 2.49. The van der Waals surface area contributed by atoms with E-state index in [-0.39, 0.29) is 0 Å². The molecule has 2 saturated carbocycles. The Morgan fingerprint density at radius 1 is 0.767 bits per heavy atom. The average molecular weight is 416 g/mol. The number of fused-ring (bicyclic) bond motifs is 5. The number of hydrogen-bond donors (Lipinski definition) is 0. The summed E-state index contributed by atoms with van der Waals surface area (Å²) in [7, 11) is 0. The lowest BCUT2D eigenvalue weighted by Gasteiger charge is -2.64. The Morgan fingerprint density at radius 3 is 1.97 bits per heavy atom. The highest BCUT2D eigenvalue weighted by Gasteiger charge is 2.54. The van der Waals surface area contributed by atoms with Crippen LogP contribution in [0.25, 0.3) is 0 Å².